The molecule has 152 valence electrons. The first-order valence-electron chi connectivity index (χ1n) is 10.4. The van der Waals surface area contributed by atoms with Crippen LogP contribution in [0.15, 0.2) is 52.9 Å². The Morgan fingerprint density at radius 1 is 1.07 bits per heavy atom. The van der Waals surface area contributed by atoms with E-state index in [0.717, 1.165) is 34.6 Å². The molecule has 0 saturated carbocycles. The Morgan fingerprint density at radius 3 is 2.66 bits per heavy atom. The van der Waals surface area contributed by atoms with E-state index in [1.54, 1.807) is 0 Å². The molecule has 0 radical (unpaired) electrons. The third kappa shape index (κ3) is 4.83. The summed E-state index contributed by atoms with van der Waals surface area (Å²) >= 11 is 0. The van der Waals surface area contributed by atoms with Gasteiger partial charge in [-0.05, 0) is 68.4 Å². The molecule has 4 heteroatoms. The van der Waals surface area contributed by atoms with Crippen molar-refractivity contribution in [1.82, 2.24) is 4.90 Å². The Labute approximate surface area is 173 Å². The third-order valence-corrected chi connectivity index (χ3v) is 5.72. The molecule has 1 fully saturated rings. The van der Waals surface area contributed by atoms with Crippen LogP contribution in [0.2, 0.25) is 0 Å². The topological polar surface area (TPSA) is 28.9 Å². The number of likely N-dealkylation sites (N-methyl/N-ethyl adjacent to an activating group) is 1. The first-order valence-corrected chi connectivity index (χ1v) is 10.4. The second-order valence-electron chi connectivity index (χ2n) is 8.11. The Hall–Kier alpha value is -2.72. The zero-order chi connectivity index (χ0) is 20.2. The SMILES string of the molecule is CN(C)c1ccc(C=Cc2cc3ccc(OCC4CCCCN4C)cc3o2)cc1. The van der Waals surface area contributed by atoms with Gasteiger partial charge >= 0.3 is 0 Å². The number of rotatable bonds is 6. The Balaban J connectivity index is 1.42. The van der Waals surface area contributed by atoms with Gasteiger partial charge in [-0.25, -0.2) is 0 Å². The van der Waals surface area contributed by atoms with Crippen molar-refractivity contribution in [3.05, 3.63) is 59.9 Å². The van der Waals surface area contributed by atoms with Crippen LogP contribution in [0.25, 0.3) is 23.1 Å². The van der Waals surface area contributed by atoms with Gasteiger partial charge in [0.15, 0.2) is 0 Å². The fourth-order valence-corrected chi connectivity index (χ4v) is 3.81. The lowest BCUT2D eigenvalue weighted by atomic mass is 10.0. The number of anilines is 1. The van der Waals surface area contributed by atoms with Crippen LogP contribution >= 0.6 is 0 Å². The number of piperidine rings is 1. The molecule has 4 rings (SSSR count). The van der Waals surface area contributed by atoms with Gasteiger partial charge in [0, 0.05) is 37.3 Å². The highest BCUT2D eigenvalue weighted by atomic mass is 16.5. The van der Waals surface area contributed by atoms with Gasteiger partial charge in [0.1, 0.15) is 23.7 Å². The Morgan fingerprint density at radius 2 is 1.90 bits per heavy atom. The highest BCUT2D eigenvalue weighted by Crippen LogP contribution is 2.26. The van der Waals surface area contributed by atoms with Crippen molar-refractivity contribution in [3.63, 3.8) is 0 Å². The highest BCUT2D eigenvalue weighted by molar-refractivity contribution is 5.83. The number of hydrogen-bond acceptors (Lipinski definition) is 4. The van der Waals surface area contributed by atoms with Crippen molar-refractivity contribution in [2.45, 2.75) is 25.3 Å². The smallest absolute Gasteiger partial charge is 0.138 e. The average Bonchev–Trinajstić information content (AvgIpc) is 3.14. The maximum Gasteiger partial charge on any atom is 0.138 e. The van der Waals surface area contributed by atoms with Gasteiger partial charge < -0.3 is 19.0 Å². The van der Waals surface area contributed by atoms with Gasteiger partial charge in [0.2, 0.25) is 0 Å². The second-order valence-corrected chi connectivity index (χ2v) is 8.11. The van der Waals surface area contributed by atoms with Crippen LogP contribution in [-0.4, -0.2) is 45.2 Å². The van der Waals surface area contributed by atoms with Crippen LogP contribution in [0, 0.1) is 0 Å². The second kappa shape index (κ2) is 8.75. The molecule has 1 aliphatic rings. The maximum atomic E-state index is 6.07. The van der Waals surface area contributed by atoms with E-state index in [1.165, 1.54) is 31.5 Å². The third-order valence-electron chi connectivity index (χ3n) is 5.72. The molecular weight excluding hydrogens is 360 g/mol. The minimum Gasteiger partial charge on any atom is -0.492 e. The lowest BCUT2D eigenvalue weighted by Crippen LogP contribution is -2.40. The van der Waals surface area contributed by atoms with Crippen molar-refractivity contribution in [1.29, 1.82) is 0 Å². The van der Waals surface area contributed by atoms with Gasteiger partial charge in [-0.2, -0.15) is 0 Å². The number of hydrogen-bond donors (Lipinski definition) is 0. The molecule has 0 N–H and O–H groups in total. The monoisotopic (exact) mass is 390 g/mol. The lowest BCUT2D eigenvalue weighted by Gasteiger charge is -2.32. The average molecular weight is 391 g/mol. The zero-order valence-electron chi connectivity index (χ0n) is 17.6. The molecular formula is C25H30N2O2. The molecule has 4 nitrogen and oxygen atoms in total. The predicted molar refractivity (Wildman–Crippen MR) is 122 cm³/mol. The summed E-state index contributed by atoms with van der Waals surface area (Å²) in [7, 11) is 6.28. The highest BCUT2D eigenvalue weighted by Gasteiger charge is 2.19. The van der Waals surface area contributed by atoms with E-state index in [2.05, 4.69) is 59.3 Å². The van der Waals surface area contributed by atoms with E-state index < -0.39 is 0 Å². The van der Waals surface area contributed by atoms with Crippen LogP contribution in [0.1, 0.15) is 30.6 Å². The molecule has 0 amide bonds. The largest absolute Gasteiger partial charge is 0.492 e. The minimum atomic E-state index is 0.508. The molecule has 1 aromatic heterocycles. The van der Waals surface area contributed by atoms with Crippen molar-refractivity contribution in [3.8, 4) is 5.75 Å². The summed E-state index contributed by atoms with van der Waals surface area (Å²) in [6, 6.07) is 17.1. The van der Waals surface area contributed by atoms with Crippen LogP contribution in [0.4, 0.5) is 5.69 Å². The summed E-state index contributed by atoms with van der Waals surface area (Å²) in [5, 5.41) is 1.09. The molecule has 2 aromatic carbocycles. The molecule has 1 aliphatic heterocycles. The van der Waals surface area contributed by atoms with Crippen molar-refractivity contribution >= 4 is 28.8 Å². The van der Waals surface area contributed by atoms with Gasteiger partial charge in [-0.15, -0.1) is 0 Å². The van der Waals surface area contributed by atoms with E-state index in [4.69, 9.17) is 9.15 Å². The molecule has 0 bridgehead atoms. The normalized spacial score (nSPS) is 17.8. The molecule has 1 saturated heterocycles. The fourth-order valence-electron chi connectivity index (χ4n) is 3.81. The van der Waals surface area contributed by atoms with Crippen LogP contribution in [0.5, 0.6) is 5.75 Å². The van der Waals surface area contributed by atoms with E-state index in [9.17, 15) is 0 Å². The number of benzene rings is 2. The van der Waals surface area contributed by atoms with E-state index in [0.29, 0.717) is 6.04 Å². The quantitative estimate of drug-likeness (QED) is 0.553. The summed E-state index contributed by atoms with van der Waals surface area (Å²) in [5.41, 5.74) is 3.21. The van der Waals surface area contributed by atoms with Gasteiger partial charge in [0.05, 0.1) is 0 Å². The molecule has 2 heterocycles. The molecule has 3 aromatic rings. The maximum absolute atomic E-state index is 6.07. The fraction of sp³-hybridized carbons (Fsp3) is 0.360. The lowest BCUT2D eigenvalue weighted by molar-refractivity contribution is 0.125. The minimum absolute atomic E-state index is 0.508. The van der Waals surface area contributed by atoms with E-state index in [-0.39, 0.29) is 0 Å². The molecule has 29 heavy (non-hydrogen) atoms. The predicted octanol–water partition coefficient (Wildman–Crippen LogP) is 5.53. The first kappa shape index (κ1) is 19.6. The summed E-state index contributed by atoms with van der Waals surface area (Å²) < 4.78 is 12.1. The van der Waals surface area contributed by atoms with Crippen LogP contribution in [-0.2, 0) is 0 Å². The number of furan rings is 1. The van der Waals surface area contributed by atoms with E-state index in [1.807, 2.05) is 32.3 Å². The number of likely N-dealkylation sites (tertiary alicyclic amines) is 1. The first-order chi connectivity index (χ1) is 14.1. The number of nitrogens with zero attached hydrogens (tertiary/aromatic N) is 2. The molecule has 0 spiro atoms. The van der Waals surface area contributed by atoms with Crippen molar-refractivity contribution in [2.24, 2.45) is 0 Å². The zero-order valence-corrected chi connectivity index (χ0v) is 17.6. The summed E-state index contributed by atoms with van der Waals surface area (Å²) in [4.78, 5) is 4.50. The summed E-state index contributed by atoms with van der Waals surface area (Å²) in [5.74, 6) is 1.72. The van der Waals surface area contributed by atoms with Gasteiger partial charge in [-0.3, -0.25) is 0 Å². The van der Waals surface area contributed by atoms with Gasteiger partial charge in [0.25, 0.3) is 0 Å². The number of ether oxygens (including phenoxy) is 1. The van der Waals surface area contributed by atoms with Crippen LogP contribution < -0.4 is 9.64 Å². The summed E-state index contributed by atoms with van der Waals surface area (Å²) in [6.07, 6.45) is 7.89. The Kier molecular flexibility index (Phi) is 5.91. The van der Waals surface area contributed by atoms with Crippen LogP contribution in [0.3, 0.4) is 0 Å². The van der Waals surface area contributed by atoms with E-state index >= 15 is 0 Å². The van der Waals surface area contributed by atoms with Gasteiger partial charge in [-0.1, -0.05) is 24.6 Å². The molecule has 0 aliphatic carbocycles. The van der Waals surface area contributed by atoms with Crippen molar-refractivity contribution in [2.75, 3.05) is 39.2 Å². The standard InChI is InChI=1S/C25H30N2O2/c1-26(2)21-11-7-19(8-12-21)9-13-24-16-20-10-14-23(17-25(20)29-24)28-18-22-6-4-5-15-27(22)3/h7-14,16-17,22H,4-6,15,18H2,1-3H3. The van der Waals surface area contributed by atoms with Crippen molar-refractivity contribution < 1.29 is 9.15 Å². The summed E-state index contributed by atoms with van der Waals surface area (Å²) in [6.45, 7) is 1.90. The molecule has 1 unspecified atom stereocenters. The molecule has 1 atom stereocenters. The number of fused-ring (bicyclic) bond motifs is 1. The Bertz CT molecular complexity index is 972.